The number of nitrogens with zero attached hydrogens (tertiary/aromatic N) is 1. The molecule has 1 aliphatic rings. The Labute approximate surface area is 191 Å². The van der Waals surface area contributed by atoms with E-state index in [1.54, 1.807) is 38.2 Å². The van der Waals surface area contributed by atoms with Crippen LogP contribution in [0, 0.1) is 13.8 Å². The van der Waals surface area contributed by atoms with E-state index in [9.17, 15) is 19.2 Å². The summed E-state index contributed by atoms with van der Waals surface area (Å²) < 4.78 is 10.4. The van der Waals surface area contributed by atoms with Crippen molar-refractivity contribution >= 4 is 35.5 Å². The van der Waals surface area contributed by atoms with E-state index in [1.165, 1.54) is 18.1 Å². The molecule has 0 saturated heterocycles. The number of methoxy groups -OCH3 is 1. The van der Waals surface area contributed by atoms with Crippen LogP contribution >= 0.6 is 0 Å². The number of hydrogen-bond donors (Lipinski definition) is 2. The Morgan fingerprint density at radius 2 is 1.79 bits per heavy atom. The minimum atomic E-state index is -0.816. The van der Waals surface area contributed by atoms with E-state index in [1.807, 2.05) is 19.9 Å². The lowest BCUT2D eigenvalue weighted by molar-refractivity contribution is -0.136. The van der Waals surface area contributed by atoms with Gasteiger partial charge in [0.05, 0.1) is 24.8 Å². The van der Waals surface area contributed by atoms with Gasteiger partial charge in [-0.25, -0.2) is 4.79 Å². The molecule has 9 heteroatoms. The number of ether oxygens (including phenoxy) is 1. The third-order valence-corrected chi connectivity index (χ3v) is 5.42. The molecule has 2 aromatic rings. The topological polar surface area (TPSA) is 118 Å². The molecular formula is C24H25N3O6. The Kier molecular flexibility index (Phi) is 6.81. The van der Waals surface area contributed by atoms with Gasteiger partial charge in [0.2, 0.25) is 0 Å². The van der Waals surface area contributed by atoms with Crippen molar-refractivity contribution in [3.05, 3.63) is 69.8 Å². The van der Waals surface area contributed by atoms with Crippen LogP contribution in [0.3, 0.4) is 0 Å². The molecule has 3 rings (SSSR count). The second-order valence-corrected chi connectivity index (χ2v) is 7.61. The van der Waals surface area contributed by atoms with Crippen molar-refractivity contribution in [2.75, 3.05) is 19.5 Å². The number of nitrogens with one attached hydrogen (secondary N) is 2. The molecule has 3 amide bonds. The van der Waals surface area contributed by atoms with E-state index in [4.69, 9.17) is 9.15 Å². The molecule has 0 aliphatic carbocycles. The number of esters is 1. The van der Waals surface area contributed by atoms with Gasteiger partial charge in [-0.05, 0) is 62.2 Å². The SMILES string of the molecule is COC(=O)C1=C(C)N(C)C(=O)/C1=C/c1ccc(CNC(=O)C(=O)Nc2ccc(C)c(C)c2)o1. The molecule has 1 aliphatic heterocycles. The summed E-state index contributed by atoms with van der Waals surface area (Å²) in [7, 11) is 2.81. The number of carbonyl (C=O) groups excluding carboxylic acids is 4. The number of likely N-dealkylation sites (N-methyl/N-ethyl adjacent to an activating group) is 1. The van der Waals surface area contributed by atoms with Crippen LogP contribution in [0.5, 0.6) is 0 Å². The fraction of sp³-hybridized carbons (Fsp3) is 0.250. The Hall–Kier alpha value is -4.14. The lowest BCUT2D eigenvalue weighted by Crippen LogP contribution is -2.34. The smallest absolute Gasteiger partial charge is 0.340 e. The van der Waals surface area contributed by atoms with Crippen LogP contribution in [0.1, 0.15) is 29.6 Å². The maximum atomic E-state index is 12.5. The van der Waals surface area contributed by atoms with Gasteiger partial charge in [0, 0.05) is 18.4 Å². The maximum Gasteiger partial charge on any atom is 0.340 e. The van der Waals surface area contributed by atoms with Crippen molar-refractivity contribution in [2.24, 2.45) is 0 Å². The van der Waals surface area contributed by atoms with Gasteiger partial charge < -0.3 is 24.7 Å². The predicted octanol–water partition coefficient (Wildman–Crippen LogP) is 2.45. The highest BCUT2D eigenvalue weighted by atomic mass is 16.5. The summed E-state index contributed by atoms with van der Waals surface area (Å²) in [5.74, 6) is -1.91. The average Bonchev–Trinajstić information content (AvgIpc) is 3.32. The molecule has 0 fully saturated rings. The first-order chi connectivity index (χ1) is 15.6. The van der Waals surface area contributed by atoms with Crippen LogP contribution in [0.15, 0.2) is 51.6 Å². The van der Waals surface area contributed by atoms with Gasteiger partial charge in [-0.15, -0.1) is 0 Å². The van der Waals surface area contributed by atoms with Crippen molar-refractivity contribution in [3.8, 4) is 0 Å². The first-order valence-electron chi connectivity index (χ1n) is 10.2. The van der Waals surface area contributed by atoms with Gasteiger partial charge in [0.15, 0.2) is 0 Å². The number of rotatable bonds is 5. The van der Waals surface area contributed by atoms with E-state index < -0.39 is 17.8 Å². The Morgan fingerprint density at radius 1 is 1.06 bits per heavy atom. The Morgan fingerprint density at radius 3 is 2.45 bits per heavy atom. The zero-order valence-corrected chi connectivity index (χ0v) is 19.1. The van der Waals surface area contributed by atoms with Gasteiger partial charge >= 0.3 is 17.8 Å². The number of amides is 3. The summed E-state index contributed by atoms with van der Waals surface area (Å²) in [6, 6.07) is 8.56. The molecule has 33 heavy (non-hydrogen) atoms. The Bertz CT molecular complexity index is 1200. The molecular weight excluding hydrogens is 426 g/mol. The number of hydrogen-bond acceptors (Lipinski definition) is 6. The molecule has 0 spiro atoms. The van der Waals surface area contributed by atoms with Gasteiger partial charge in [0.25, 0.3) is 5.91 Å². The van der Waals surface area contributed by atoms with Crippen molar-refractivity contribution in [3.63, 3.8) is 0 Å². The van der Waals surface area contributed by atoms with Crippen molar-refractivity contribution in [2.45, 2.75) is 27.3 Å². The lowest BCUT2D eigenvalue weighted by Gasteiger charge is -2.08. The first kappa shape index (κ1) is 23.5. The van der Waals surface area contributed by atoms with Gasteiger partial charge in [-0.2, -0.15) is 0 Å². The van der Waals surface area contributed by atoms with E-state index in [0.29, 0.717) is 22.9 Å². The maximum absolute atomic E-state index is 12.5. The number of carbonyl (C=O) groups is 4. The second-order valence-electron chi connectivity index (χ2n) is 7.61. The zero-order valence-electron chi connectivity index (χ0n) is 19.1. The summed E-state index contributed by atoms with van der Waals surface area (Å²) in [4.78, 5) is 50.2. The van der Waals surface area contributed by atoms with Gasteiger partial charge in [0.1, 0.15) is 11.5 Å². The summed E-state index contributed by atoms with van der Waals surface area (Å²) in [5, 5.41) is 5.04. The fourth-order valence-corrected chi connectivity index (χ4v) is 3.26. The molecule has 0 radical (unpaired) electrons. The van der Waals surface area contributed by atoms with Crippen molar-refractivity contribution in [1.29, 1.82) is 0 Å². The van der Waals surface area contributed by atoms with E-state index in [-0.39, 0.29) is 23.6 Å². The first-order valence-corrected chi connectivity index (χ1v) is 10.2. The largest absolute Gasteiger partial charge is 0.465 e. The number of benzene rings is 1. The van der Waals surface area contributed by atoms with Gasteiger partial charge in [-0.1, -0.05) is 6.07 Å². The van der Waals surface area contributed by atoms with Crippen molar-refractivity contribution in [1.82, 2.24) is 10.2 Å². The number of allylic oxidation sites excluding steroid dienone is 1. The van der Waals surface area contributed by atoms with Crippen LogP contribution in [0.4, 0.5) is 5.69 Å². The molecule has 0 unspecified atom stereocenters. The average molecular weight is 451 g/mol. The number of aryl methyl sites for hydroxylation is 2. The second kappa shape index (κ2) is 9.56. The van der Waals surface area contributed by atoms with Crippen LogP contribution < -0.4 is 10.6 Å². The van der Waals surface area contributed by atoms with Crippen LogP contribution in [-0.4, -0.2) is 42.7 Å². The molecule has 0 saturated carbocycles. The molecule has 9 nitrogen and oxygen atoms in total. The molecule has 2 heterocycles. The van der Waals surface area contributed by atoms with Crippen molar-refractivity contribution < 1.29 is 28.3 Å². The highest BCUT2D eigenvalue weighted by molar-refractivity contribution is 6.39. The quantitative estimate of drug-likeness (QED) is 0.410. The molecule has 1 aromatic heterocycles. The minimum Gasteiger partial charge on any atom is -0.465 e. The van der Waals surface area contributed by atoms with E-state index in [0.717, 1.165) is 11.1 Å². The van der Waals surface area contributed by atoms with Crippen LogP contribution in [0.25, 0.3) is 6.08 Å². The van der Waals surface area contributed by atoms with Crippen LogP contribution in [-0.2, 0) is 30.5 Å². The molecule has 172 valence electrons. The molecule has 1 aromatic carbocycles. The Balaban J connectivity index is 1.65. The molecule has 0 bridgehead atoms. The summed E-state index contributed by atoms with van der Waals surface area (Å²) in [5.41, 5.74) is 3.40. The summed E-state index contributed by atoms with van der Waals surface area (Å²) >= 11 is 0. The number of anilines is 1. The fourth-order valence-electron chi connectivity index (χ4n) is 3.26. The molecule has 0 atom stereocenters. The third kappa shape index (κ3) is 5.03. The van der Waals surface area contributed by atoms with E-state index in [2.05, 4.69) is 10.6 Å². The summed E-state index contributed by atoms with van der Waals surface area (Å²) in [6.07, 6.45) is 1.44. The van der Waals surface area contributed by atoms with Gasteiger partial charge in [-0.3, -0.25) is 14.4 Å². The predicted molar refractivity (Wildman–Crippen MR) is 121 cm³/mol. The highest BCUT2D eigenvalue weighted by Gasteiger charge is 2.35. The highest BCUT2D eigenvalue weighted by Crippen LogP contribution is 2.30. The third-order valence-electron chi connectivity index (χ3n) is 5.42. The molecule has 2 N–H and O–H groups in total. The zero-order chi connectivity index (χ0) is 24.3. The summed E-state index contributed by atoms with van der Waals surface area (Å²) in [6.45, 7) is 5.49. The van der Waals surface area contributed by atoms with Crippen LogP contribution in [0.2, 0.25) is 0 Å². The lowest BCUT2D eigenvalue weighted by atomic mass is 10.1. The minimum absolute atomic E-state index is 0.0328. The number of furan rings is 1. The normalized spacial score (nSPS) is 14.6. The standard InChI is InChI=1S/C24H25N3O6/c1-13-6-7-16(10-14(13)2)26-22(29)21(28)25-12-18-9-8-17(33-18)11-19-20(24(31)32-5)15(3)27(4)23(19)30/h6-11H,12H2,1-5H3,(H,25,28)(H,26,29)/b19-11+. The van der Waals surface area contributed by atoms with E-state index >= 15 is 0 Å². The monoisotopic (exact) mass is 451 g/mol.